The molecule has 0 aromatic heterocycles. The lowest BCUT2D eigenvalue weighted by Crippen LogP contribution is -2.26. The quantitative estimate of drug-likeness (QED) is 0.186. The number of aryl methyl sites for hydroxylation is 1. The Kier molecular flexibility index (Phi) is 8.14. The van der Waals surface area contributed by atoms with Crippen LogP contribution in [-0.4, -0.2) is 0 Å². The van der Waals surface area contributed by atoms with Crippen molar-refractivity contribution in [1.82, 2.24) is 5.32 Å². The molecule has 0 spiro atoms. The molecule has 13 rings (SSSR count). The fraction of sp³-hybridized carbons (Fsp3) is 0.219. The predicted molar refractivity (Wildman–Crippen MR) is 275 cm³/mol. The van der Waals surface area contributed by atoms with Crippen LogP contribution in [0.4, 0.5) is 0 Å². The van der Waals surface area contributed by atoms with E-state index in [2.05, 4.69) is 211 Å². The zero-order valence-corrected chi connectivity index (χ0v) is 38.5. The first-order valence-corrected chi connectivity index (χ1v) is 23.9. The van der Waals surface area contributed by atoms with Gasteiger partial charge in [0.25, 0.3) is 0 Å². The Bertz CT molecular complexity index is 3420. The second-order valence-electron chi connectivity index (χ2n) is 21.2. The Morgan fingerprint density at radius 2 is 1.06 bits per heavy atom. The molecule has 7 aromatic rings. The molecule has 1 aliphatic heterocycles. The van der Waals surface area contributed by atoms with Crippen LogP contribution in [-0.2, 0) is 22.7 Å². The number of nitrogens with one attached hydrogen (secondary N) is 1. The Morgan fingerprint density at radius 1 is 0.446 bits per heavy atom. The molecular formula is C64H55N. The van der Waals surface area contributed by atoms with E-state index in [1.54, 1.807) is 0 Å². The third-order valence-electron chi connectivity index (χ3n) is 16.6. The number of hydrogen-bond acceptors (Lipinski definition) is 1. The summed E-state index contributed by atoms with van der Waals surface area (Å²) < 4.78 is 0. The molecule has 1 nitrogen and oxygen atoms in total. The maximum Gasteiger partial charge on any atom is 0.0742 e. The minimum atomic E-state index is -0.0916. The van der Waals surface area contributed by atoms with E-state index in [9.17, 15) is 0 Å². The van der Waals surface area contributed by atoms with Gasteiger partial charge >= 0.3 is 0 Å². The molecule has 0 amide bonds. The molecule has 65 heavy (non-hydrogen) atoms. The fourth-order valence-electron chi connectivity index (χ4n) is 12.9. The van der Waals surface area contributed by atoms with E-state index in [1.807, 2.05) is 0 Å². The van der Waals surface area contributed by atoms with Crippen LogP contribution in [0.3, 0.4) is 0 Å². The summed E-state index contributed by atoms with van der Waals surface area (Å²) in [4.78, 5) is 0. The first-order valence-electron chi connectivity index (χ1n) is 23.9. The number of rotatable bonds is 4. The van der Waals surface area contributed by atoms with Crippen molar-refractivity contribution in [1.29, 1.82) is 0 Å². The van der Waals surface area contributed by atoms with Crippen molar-refractivity contribution in [2.24, 2.45) is 0 Å². The van der Waals surface area contributed by atoms with E-state index in [0.717, 1.165) is 25.7 Å². The summed E-state index contributed by atoms with van der Waals surface area (Å²) in [5, 5.41) is 6.57. The van der Waals surface area contributed by atoms with Crippen LogP contribution in [0, 0.1) is 0 Å². The lowest BCUT2D eigenvalue weighted by molar-refractivity contribution is 0.595. The van der Waals surface area contributed by atoms with Crippen molar-refractivity contribution in [2.75, 3.05) is 0 Å². The Hall–Kier alpha value is -6.70. The molecule has 1 atom stereocenters. The minimum absolute atomic E-state index is 0.0262. The normalized spacial score (nSPS) is 19.9. The van der Waals surface area contributed by atoms with Gasteiger partial charge in [-0.05, 0) is 178 Å². The third-order valence-corrected chi connectivity index (χ3v) is 16.6. The Labute approximate surface area is 384 Å². The van der Waals surface area contributed by atoms with Gasteiger partial charge < -0.3 is 5.32 Å². The topological polar surface area (TPSA) is 12.0 Å². The van der Waals surface area contributed by atoms with Crippen molar-refractivity contribution >= 4 is 39.3 Å². The van der Waals surface area contributed by atoms with Gasteiger partial charge in [-0.15, -0.1) is 0 Å². The number of hydrogen-bond donors (Lipinski definition) is 1. The van der Waals surface area contributed by atoms with Crippen molar-refractivity contribution in [2.45, 2.75) is 89.5 Å². The second-order valence-corrected chi connectivity index (χ2v) is 21.2. The summed E-state index contributed by atoms with van der Waals surface area (Å²) in [6.45, 7) is 14.5. The van der Waals surface area contributed by atoms with Crippen LogP contribution >= 0.6 is 0 Å². The van der Waals surface area contributed by atoms with Crippen LogP contribution in [0.2, 0.25) is 0 Å². The molecule has 5 aliphatic carbocycles. The largest absolute Gasteiger partial charge is 0.374 e. The number of fused-ring (bicyclic) bond motifs is 10. The van der Waals surface area contributed by atoms with Gasteiger partial charge in [0.1, 0.15) is 0 Å². The van der Waals surface area contributed by atoms with Gasteiger partial charge in [0.05, 0.1) is 6.04 Å². The SMILES string of the molecule is CC1(C)C2=C(CCC(c3ccc4c(c3)C(C)(C)c3cc(C5=Cc6ccc(-c7ccc8ccccc8c7)cc6CC5)ccc3-4)=C2)c2ccc(C3=CC=C4C(N3)c3ccccc3C4(C)C)cc21. The third kappa shape index (κ3) is 5.70. The summed E-state index contributed by atoms with van der Waals surface area (Å²) in [5.74, 6) is 0. The highest BCUT2D eigenvalue weighted by Crippen LogP contribution is 2.55. The van der Waals surface area contributed by atoms with Crippen LogP contribution in [0.1, 0.15) is 128 Å². The molecule has 1 N–H and O–H groups in total. The lowest BCUT2D eigenvalue weighted by atomic mass is 9.77. The van der Waals surface area contributed by atoms with E-state index >= 15 is 0 Å². The molecular weight excluding hydrogens is 783 g/mol. The average Bonchev–Trinajstić information content (AvgIpc) is 3.81. The summed E-state index contributed by atoms with van der Waals surface area (Å²) in [6, 6.07) is 53.6. The summed E-state index contributed by atoms with van der Waals surface area (Å²) in [6.07, 6.45) is 14.0. The summed E-state index contributed by atoms with van der Waals surface area (Å²) >= 11 is 0. The summed E-state index contributed by atoms with van der Waals surface area (Å²) in [5.41, 5.74) is 29.3. The number of dihydropyridines is 1. The zero-order valence-electron chi connectivity index (χ0n) is 38.5. The van der Waals surface area contributed by atoms with E-state index in [0.29, 0.717) is 0 Å². The number of allylic oxidation sites excluding steroid dienone is 7. The second kappa shape index (κ2) is 13.7. The standard InChI is InChI=1S/C64H55N/c1-62(2)54-14-10-9-13-53(54)61-55(62)29-30-60(65-61)48-24-28-52-51-27-23-47(36-58(51)64(5,6)59(52)37-48)46-22-26-50-49-25-21-45(34-56(49)63(3,4)57(50)35-46)44-20-19-42-32-41(17-18-43(42)33-44)40-16-15-38-11-7-8-12-39(38)31-40/h7-18,21-22,24-26,28-37,61,65H,19-20,23,27H2,1-6H3. The Balaban J connectivity index is 0.766. The van der Waals surface area contributed by atoms with Gasteiger partial charge in [-0.3, -0.25) is 0 Å². The molecule has 1 unspecified atom stereocenters. The first kappa shape index (κ1) is 38.7. The van der Waals surface area contributed by atoms with Crippen LogP contribution < -0.4 is 5.32 Å². The van der Waals surface area contributed by atoms with Gasteiger partial charge in [0.15, 0.2) is 0 Å². The molecule has 316 valence electrons. The highest BCUT2D eigenvalue weighted by atomic mass is 15.0. The Morgan fingerprint density at radius 3 is 1.86 bits per heavy atom. The molecule has 0 saturated heterocycles. The van der Waals surface area contributed by atoms with E-state index in [1.165, 1.54) is 128 Å². The number of benzene rings is 7. The highest BCUT2D eigenvalue weighted by Gasteiger charge is 2.44. The molecule has 0 saturated carbocycles. The summed E-state index contributed by atoms with van der Waals surface area (Å²) in [7, 11) is 0. The van der Waals surface area contributed by atoms with Gasteiger partial charge in [-0.2, -0.15) is 0 Å². The van der Waals surface area contributed by atoms with Gasteiger partial charge in [-0.1, -0.05) is 175 Å². The molecule has 0 bridgehead atoms. The molecule has 1 heteroatoms. The molecule has 0 fully saturated rings. The van der Waals surface area contributed by atoms with Gasteiger partial charge in [-0.25, -0.2) is 0 Å². The minimum Gasteiger partial charge on any atom is -0.374 e. The van der Waals surface area contributed by atoms with Crippen LogP contribution in [0.5, 0.6) is 0 Å². The maximum absolute atomic E-state index is 3.98. The maximum atomic E-state index is 3.98. The van der Waals surface area contributed by atoms with Gasteiger partial charge in [0.2, 0.25) is 0 Å². The van der Waals surface area contributed by atoms with Gasteiger partial charge in [0, 0.05) is 21.9 Å². The smallest absolute Gasteiger partial charge is 0.0742 e. The van der Waals surface area contributed by atoms with Crippen molar-refractivity contribution < 1.29 is 0 Å². The zero-order chi connectivity index (χ0) is 44.0. The molecule has 6 aliphatic rings. The lowest BCUT2D eigenvalue weighted by Gasteiger charge is -2.29. The highest BCUT2D eigenvalue weighted by molar-refractivity contribution is 5.93. The molecule has 0 radical (unpaired) electrons. The monoisotopic (exact) mass is 837 g/mol. The fourth-order valence-corrected chi connectivity index (χ4v) is 12.9. The van der Waals surface area contributed by atoms with Crippen LogP contribution in [0.25, 0.3) is 61.5 Å². The van der Waals surface area contributed by atoms with Crippen molar-refractivity contribution in [3.8, 4) is 22.3 Å². The average molecular weight is 838 g/mol. The van der Waals surface area contributed by atoms with E-state index < -0.39 is 0 Å². The predicted octanol–water partition coefficient (Wildman–Crippen LogP) is 16.1. The first-order chi connectivity index (χ1) is 31.4. The molecule has 7 aromatic carbocycles. The van der Waals surface area contributed by atoms with E-state index in [4.69, 9.17) is 0 Å². The van der Waals surface area contributed by atoms with Crippen LogP contribution in [0.15, 0.2) is 169 Å². The van der Waals surface area contributed by atoms with Crippen molar-refractivity contribution in [3.63, 3.8) is 0 Å². The van der Waals surface area contributed by atoms with Crippen molar-refractivity contribution in [3.05, 3.63) is 230 Å². The molecule has 1 heterocycles. The van der Waals surface area contributed by atoms with E-state index in [-0.39, 0.29) is 22.3 Å².